The van der Waals surface area contributed by atoms with Gasteiger partial charge in [0.25, 0.3) is 0 Å². The van der Waals surface area contributed by atoms with Crippen LogP contribution in [-0.4, -0.2) is 5.16 Å². The normalized spacial score (nSPS) is 10.4. The van der Waals surface area contributed by atoms with Crippen molar-refractivity contribution in [1.29, 1.82) is 0 Å². The molecule has 0 saturated carbocycles. The van der Waals surface area contributed by atoms with Gasteiger partial charge in [-0.05, 0) is 6.07 Å². The highest BCUT2D eigenvalue weighted by Crippen LogP contribution is 2.31. The van der Waals surface area contributed by atoms with Crippen LogP contribution in [0.3, 0.4) is 0 Å². The van der Waals surface area contributed by atoms with E-state index in [1.165, 1.54) is 6.07 Å². The molecule has 0 amide bonds. The van der Waals surface area contributed by atoms with E-state index >= 15 is 0 Å². The zero-order chi connectivity index (χ0) is 10.1. The van der Waals surface area contributed by atoms with Crippen LogP contribution in [0.25, 0.3) is 11.3 Å². The molecule has 14 heavy (non-hydrogen) atoms. The third kappa shape index (κ3) is 1.56. The molecule has 1 N–H and O–H groups in total. The van der Waals surface area contributed by atoms with Crippen molar-refractivity contribution in [2.75, 3.05) is 0 Å². The number of H-pyrrole nitrogens is 1. The van der Waals surface area contributed by atoms with Crippen molar-refractivity contribution in [2.24, 2.45) is 0 Å². The minimum absolute atomic E-state index is 0.395. The Morgan fingerprint density at radius 1 is 1.29 bits per heavy atom. The number of rotatable bonds is 1. The molecular weight excluding hydrogens is 225 g/mol. The van der Waals surface area contributed by atoms with Crippen molar-refractivity contribution in [2.45, 2.75) is 0 Å². The van der Waals surface area contributed by atoms with E-state index in [4.69, 9.17) is 23.2 Å². The first-order valence-corrected chi connectivity index (χ1v) is 4.57. The largest absolute Gasteiger partial charge is 0.357 e. The highest BCUT2D eigenvalue weighted by atomic mass is 35.5. The fraction of sp³-hybridized carbons (Fsp3) is 0. The van der Waals surface area contributed by atoms with Gasteiger partial charge in [0.1, 0.15) is 0 Å². The van der Waals surface area contributed by atoms with E-state index in [-0.39, 0.29) is 0 Å². The molecule has 0 aliphatic heterocycles. The third-order valence-corrected chi connectivity index (χ3v) is 2.58. The molecule has 0 radical (unpaired) electrons. The van der Waals surface area contributed by atoms with Crippen LogP contribution in [0.1, 0.15) is 0 Å². The topological polar surface area (TPSA) is 46.0 Å². The number of benzene rings is 1. The summed E-state index contributed by atoms with van der Waals surface area (Å²) >= 11 is 11.8. The van der Waals surface area contributed by atoms with E-state index in [0.29, 0.717) is 21.3 Å². The van der Waals surface area contributed by atoms with Gasteiger partial charge in [-0.3, -0.25) is 0 Å². The van der Waals surface area contributed by atoms with Crippen molar-refractivity contribution in [3.63, 3.8) is 0 Å². The second-order valence-corrected chi connectivity index (χ2v) is 3.47. The lowest BCUT2D eigenvalue weighted by Gasteiger charge is -2.01. The highest BCUT2D eigenvalue weighted by molar-refractivity contribution is 6.43. The smallest absolute Gasteiger partial charge is 0.339 e. The molecule has 0 bridgehead atoms. The summed E-state index contributed by atoms with van der Waals surface area (Å²) in [7, 11) is 0. The van der Waals surface area contributed by atoms with Gasteiger partial charge in [0, 0.05) is 5.56 Å². The van der Waals surface area contributed by atoms with E-state index in [9.17, 15) is 4.79 Å². The van der Waals surface area contributed by atoms with Crippen molar-refractivity contribution in [1.82, 2.24) is 5.16 Å². The average molecular weight is 230 g/mol. The maximum atomic E-state index is 10.8. The zero-order valence-electron chi connectivity index (χ0n) is 6.88. The summed E-state index contributed by atoms with van der Waals surface area (Å²) in [6, 6.07) is 6.48. The van der Waals surface area contributed by atoms with Crippen LogP contribution in [0.5, 0.6) is 0 Å². The molecule has 1 aromatic heterocycles. The predicted molar refractivity (Wildman–Crippen MR) is 54.8 cm³/mol. The molecule has 3 nitrogen and oxygen atoms in total. The standard InChI is InChI=1S/C9H5Cl2NO2/c10-6-3-1-2-5(9(6)11)7-4-8(13)14-12-7/h1-4,12H. The third-order valence-electron chi connectivity index (χ3n) is 1.77. The van der Waals surface area contributed by atoms with Gasteiger partial charge in [0.15, 0.2) is 0 Å². The number of halogens is 2. The van der Waals surface area contributed by atoms with Gasteiger partial charge in [-0.2, -0.15) is 0 Å². The van der Waals surface area contributed by atoms with Crippen molar-refractivity contribution >= 4 is 23.2 Å². The molecule has 2 rings (SSSR count). The molecule has 0 saturated heterocycles. The summed E-state index contributed by atoms with van der Waals surface area (Å²) in [6.07, 6.45) is 0. The first-order chi connectivity index (χ1) is 6.68. The summed E-state index contributed by atoms with van der Waals surface area (Å²) in [5.41, 5.74) is 0.712. The van der Waals surface area contributed by atoms with Gasteiger partial charge >= 0.3 is 5.63 Å². The van der Waals surface area contributed by atoms with Gasteiger partial charge in [0.05, 0.1) is 21.8 Å². The molecule has 0 spiro atoms. The fourth-order valence-electron chi connectivity index (χ4n) is 1.13. The Hall–Kier alpha value is -1.19. The maximum Gasteiger partial charge on any atom is 0.357 e. The van der Waals surface area contributed by atoms with Crippen LogP contribution in [0.15, 0.2) is 33.6 Å². The molecule has 0 fully saturated rings. The van der Waals surface area contributed by atoms with Crippen LogP contribution in [0, 0.1) is 0 Å². The van der Waals surface area contributed by atoms with E-state index in [1.807, 2.05) is 0 Å². The summed E-state index contributed by atoms with van der Waals surface area (Å²) in [5, 5.41) is 3.29. The van der Waals surface area contributed by atoms with Crippen molar-refractivity contribution in [3.05, 3.63) is 44.7 Å². The predicted octanol–water partition coefficient (Wildman–Crippen LogP) is 2.94. The Morgan fingerprint density at radius 3 is 2.71 bits per heavy atom. The first kappa shape index (κ1) is 9.37. The SMILES string of the molecule is O=c1cc(-c2cccc(Cl)c2Cl)[nH]o1. The fourth-order valence-corrected chi connectivity index (χ4v) is 1.53. The number of hydrogen-bond donors (Lipinski definition) is 1. The number of hydrogen-bond acceptors (Lipinski definition) is 2. The molecule has 5 heteroatoms. The summed E-state index contributed by atoms with van der Waals surface area (Å²) in [6.45, 7) is 0. The first-order valence-electron chi connectivity index (χ1n) is 3.81. The van der Waals surface area contributed by atoms with Crippen LogP contribution >= 0.6 is 23.2 Å². The van der Waals surface area contributed by atoms with Crippen LogP contribution in [0.4, 0.5) is 0 Å². The Balaban J connectivity index is 2.62. The summed E-state index contributed by atoms with van der Waals surface area (Å²) < 4.78 is 4.53. The maximum absolute atomic E-state index is 10.8. The van der Waals surface area contributed by atoms with E-state index in [1.54, 1.807) is 18.2 Å². The highest BCUT2D eigenvalue weighted by Gasteiger charge is 2.08. The summed E-state index contributed by atoms with van der Waals surface area (Å²) in [5.74, 6) is 0. The molecule has 0 aliphatic rings. The van der Waals surface area contributed by atoms with Crippen LogP contribution in [0.2, 0.25) is 10.0 Å². The van der Waals surface area contributed by atoms with Gasteiger partial charge in [-0.1, -0.05) is 35.3 Å². The number of nitrogens with one attached hydrogen (secondary N) is 1. The van der Waals surface area contributed by atoms with Crippen LogP contribution < -0.4 is 5.63 Å². The second kappa shape index (κ2) is 3.52. The minimum Gasteiger partial charge on any atom is -0.339 e. The molecule has 2 aromatic rings. The van der Waals surface area contributed by atoms with E-state index in [2.05, 4.69) is 9.68 Å². The Morgan fingerprint density at radius 2 is 2.07 bits per heavy atom. The quantitative estimate of drug-likeness (QED) is 0.818. The number of aromatic nitrogens is 1. The monoisotopic (exact) mass is 229 g/mol. The second-order valence-electron chi connectivity index (χ2n) is 2.68. The molecule has 1 heterocycles. The molecule has 1 aromatic carbocycles. The molecule has 72 valence electrons. The molecule has 0 unspecified atom stereocenters. The molecule has 0 aliphatic carbocycles. The molecular formula is C9H5Cl2NO2. The van der Waals surface area contributed by atoms with Crippen molar-refractivity contribution in [3.8, 4) is 11.3 Å². The summed E-state index contributed by atoms with van der Waals surface area (Å²) in [4.78, 5) is 10.8. The van der Waals surface area contributed by atoms with Gasteiger partial charge in [0.2, 0.25) is 0 Å². The molecule has 0 atom stereocenters. The van der Waals surface area contributed by atoms with E-state index in [0.717, 1.165) is 0 Å². The van der Waals surface area contributed by atoms with Gasteiger partial charge in [-0.25, -0.2) is 9.95 Å². The lowest BCUT2D eigenvalue weighted by Crippen LogP contribution is -1.85. The number of aromatic amines is 1. The van der Waals surface area contributed by atoms with E-state index < -0.39 is 5.63 Å². The Bertz CT molecular complexity index is 516. The lowest BCUT2D eigenvalue weighted by atomic mass is 10.1. The average Bonchev–Trinajstić information content (AvgIpc) is 2.57. The minimum atomic E-state index is -0.448. The Kier molecular flexibility index (Phi) is 2.35. The van der Waals surface area contributed by atoms with Gasteiger partial charge < -0.3 is 4.52 Å². The Labute approximate surface area is 89.2 Å². The van der Waals surface area contributed by atoms with Crippen molar-refractivity contribution < 1.29 is 4.52 Å². The van der Waals surface area contributed by atoms with Gasteiger partial charge in [-0.15, -0.1) is 0 Å². The van der Waals surface area contributed by atoms with Crippen LogP contribution in [-0.2, 0) is 0 Å². The lowest BCUT2D eigenvalue weighted by molar-refractivity contribution is 0.394. The zero-order valence-corrected chi connectivity index (χ0v) is 8.39.